The molecule has 0 fully saturated rings. The fourth-order valence-electron chi connectivity index (χ4n) is 1.80. The zero-order valence-corrected chi connectivity index (χ0v) is 10.5. The molecule has 4 nitrogen and oxygen atoms in total. The maximum Gasteiger partial charge on any atom is 0.124 e. The minimum absolute atomic E-state index is 0.501. The minimum Gasteiger partial charge on any atom is -0.496 e. The largest absolute Gasteiger partial charge is 0.496 e. The zero-order valence-electron chi connectivity index (χ0n) is 10.5. The van der Waals surface area contributed by atoms with Gasteiger partial charge in [0.15, 0.2) is 0 Å². The number of hydrogen-bond acceptors (Lipinski definition) is 2. The third-order valence-electron chi connectivity index (χ3n) is 2.46. The van der Waals surface area contributed by atoms with E-state index < -0.39 is 0 Å². The Morgan fingerprint density at radius 2 is 2.00 bits per heavy atom. The van der Waals surface area contributed by atoms with Crippen molar-refractivity contribution >= 4 is 6.08 Å². The van der Waals surface area contributed by atoms with Crippen molar-refractivity contribution in [3.05, 3.63) is 45.3 Å². The molecule has 1 aromatic carbocycles. The summed E-state index contributed by atoms with van der Waals surface area (Å²) in [7, 11) is 1.69. The van der Waals surface area contributed by atoms with Crippen LogP contribution >= 0.6 is 0 Å². The van der Waals surface area contributed by atoms with Crippen LogP contribution in [0.25, 0.3) is 16.5 Å². The van der Waals surface area contributed by atoms with Crippen LogP contribution in [-0.4, -0.2) is 13.7 Å². The van der Waals surface area contributed by atoms with Crippen LogP contribution in [-0.2, 0) is 0 Å². The van der Waals surface area contributed by atoms with Crippen LogP contribution in [0.15, 0.2) is 23.3 Å². The predicted molar refractivity (Wildman–Crippen MR) is 70.1 cm³/mol. The maximum atomic E-state index is 8.13. The number of benzene rings is 1. The first-order chi connectivity index (χ1) is 8.19. The van der Waals surface area contributed by atoms with Gasteiger partial charge in [-0.1, -0.05) is 17.3 Å². The van der Waals surface area contributed by atoms with E-state index in [0.29, 0.717) is 6.54 Å². The Morgan fingerprint density at radius 3 is 2.53 bits per heavy atom. The van der Waals surface area contributed by atoms with Crippen molar-refractivity contribution in [1.82, 2.24) is 0 Å². The Kier molecular flexibility index (Phi) is 5.11. The number of azide groups is 1. The maximum absolute atomic E-state index is 8.13. The van der Waals surface area contributed by atoms with Gasteiger partial charge in [-0.3, -0.25) is 0 Å². The van der Waals surface area contributed by atoms with Gasteiger partial charge in [-0.25, -0.2) is 0 Å². The monoisotopic (exact) mass is 231 g/mol. The van der Waals surface area contributed by atoms with E-state index in [1.165, 1.54) is 0 Å². The minimum atomic E-state index is 0.501. The number of rotatable bonds is 5. The number of hydrogen-bond donors (Lipinski definition) is 0. The Labute approximate surface area is 102 Å². The molecule has 0 saturated carbocycles. The Morgan fingerprint density at radius 1 is 1.35 bits per heavy atom. The Bertz CT molecular complexity index is 437. The smallest absolute Gasteiger partial charge is 0.124 e. The van der Waals surface area contributed by atoms with Gasteiger partial charge in [0, 0.05) is 11.5 Å². The summed E-state index contributed by atoms with van der Waals surface area (Å²) in [5.41, 5.74) is 11.5. The molecule has 0 radical (unpaired) electrons. The second-order valence-electron chi connectivity index (χ2n) is 3.83. The molecule has 1 aromatic rings. The van der Waals surface area contributed by atoms with Gasteiger partial charge in [-0.05, 0) is 54.6 Å². The quantitative estimate of drug-likeness (QED) is 0.326. The lowest BCUT2D eigenvalue weighted by Crippen LogP contribution is -1.91. The molecule has 0 aromatic heterocycles. The molecule has 4 heteroatoms. The fraction of sp³-hybridized carbons (Fsp3) is 0.385. The predicted octanol–water partition coefficient (Wildman–Crippen LogP) is 4.03. The van der Waals surface area contributed by atoms with E-state index in [2.05, 4.69) is 22.2 Å². The van der Waals surface area contributed by atoms with Crippen molar-refractivity contribution < 1.29 is 4.74 Å². The summed E-state index contributed by atoms with van der Waals surface area (Å²) in [5, 5.41) is 3.47. The molecule has 90 valence electrons. The van der Waals surface area contributed by atoms with E-state index in [0.717, 1.165) is 28.9 Å². The first-order valence-corrected chi connectivity index (χ1v) is 5.51. The lowest BCUT2D eigenvalue weighted by Gasteiger charge is -2.09. The fourth-order valence-corrected chi connectivity index (χ4v) is 1.80. The summed E-state index contributed by atoms with van der Waals surface area (Å²) < 4.78 is 5.31. The van der Waals surface area contributed by atoms with E-state index in [-0.39, 0.29) is 0 Å². The van der Waals surface area contributed by atoms with Gasteiger partial charge >= 0.3 is 0 Å². The molecule has 1 rings (SSSR count). The average Bonchev–Trinajstić information content (AvgIpc) is 2.28. The van der Waals surface area contributed by atoms with Crippen molar-refractivity contribution in [3.8, 4) is 5.75 Å². The van der Waals surface area contributed by atoms with Gasteiger partial charge in [-0.15, -0.1) is 0 Å². The third-order valence-corrected chi connectivity index (χ3v) is 2.46. The molecule has 0 aliphatic heterocycles. The van der Waals surface area contributed by atoms with Crippen molar-refractivity contribution in [2.24, 2.45) is 5.11 Å². The summed E-state index contributed by atoms with van der Waals surface area (Å²) in [5.74, 6) is 0.941. The summed E-state index contributed by atoms with van der Waals surface area (Å²) in [4.78, 5) is 2.71. The van der Waals surface area contributed by atoms with Gasteiger partial charge in [0.05, 0.1) is 7.11 Å². The molecule has 0 bridgehead atoms. The lowest BCUT2D eigenvalue weighted by atomic mass is 10.1. The Hall–Kier alpha value is -1.93. The van der Waals surface area contributed by atoms with Crippen molar-refractivity contribution in [3.63, 3.8) is 0 Å². The molecular weight excluding hydrogens is 214 g/mol. The Balaban J connectivity index is 2.76. The van der Waals surface area contributed by atoms with E-state index in [1.54, 1.807) is 7.11 Å². The molecular formula is C13H17N3O. The van der Waals surface area contributed by atoms with Gasteiger partial charge in [0.25, 0.3) is 0 Å². The summed E-state index contributed by atoms with van der Waals surface area (Å²) in [6, 6.07) is 4.16. The third kappa shape index (κ3) is 3.85. The summed E-state index contributed by atoms with van der Waals surface area (Å²) in [6.45, 7) is 4.56. The standard InChI is InChI=1S/C13H17N3O/c1-10-8-12(6-4-5-7-15-16-14)9-11(2)13(10)17-3/h4,6,8-9H,5,7H2,1-3H3. The molecule has 0 N–H and O–H groups in total. The van der Waals surface area contributed by atoms with Crippen LogP contribution < -0.4 is 4.74 Å². The van der Waals surface area contributed by atoms with Crippen molar-refractivity contribution in [1.29, 1.82) is 0 Å². The van der Waals surface area contributed by atoms with Crippen LogP contribution in [0.5, 0.6) is 5.75 Å². The molecule has 17 heavy (non-hydrogen) atoms. The van der Waals surface area contributed by atoms with Gasteiger partial charge in [0.1, 0.15) is 5.75 Å². The van der Waals surface area contributed by atoms with Crippen LogP contribution in [0.2, 0.25) is 0 Å². The van der Waals surface area contributed by atoms with Crippen molar-refractivity contribution in [2.45, 2.75) is 20.3 Å². The molecule has 0 heterocycles. The number of methoxy groups -OCH3 is 1. The highest BCUT2D eigenvalue weighted by molar-refractivity contribution is 5.56. The summed E-state index contributed by atoms with van der Waals surface area (Å²) in [6.07, 6.45) is 4.80. The van der Waals surface area contributed by atoms with Crippen LogP contribution in [0.3, 0.4) is 0 Å². The lowest BCUT2D eigenvalue weighted by molar-refractivity contribution is 0.408. The van der Waals surface area contributed by atoms with E-state index in [4.69, 9.17) is 10.3 Å². The SMILES string of the molecule is COc1c(C)cc(C=CCCN=[N+]=[N-])cc1C. The average molecular weight is 231 g/mol. The van der Waals surface area contributed by atoms with E-state index in [9.17, 15) is 0 Å². The highest BCUT2D eigenvalue weighted by Crippen LogP contribution is 2.24. The van der Waals surface area contributed by atoms with Gasteiger partial charge in [0.2, 0.25) is 0 Å². The molecule has 0 amide bonds. The molecule has 0 unspecified atom stereocenters. The highest BCUT2D eigenvalue weighted by atomic mass is 16.5. The van der Waals surface area contributed by atoms with Crippen LogP contribution in [0, 0.1) is 13.8 Å². The second-order valence-corrected chi connectivity index (χ2v) is 3.83. The first-order valence-electron chi connectivity index (χ1n) is 5.51. The number of aryl methyl sites for hydroxylation is 2. The second kappa shape index (κ2) is 6.61. The van der Waals surface area contributed by atoms with Gasteiger partial charge in [-0.2, -0.15) is 0 Å². The van der Waals surface area contributed by atoms with Crippen LogP contribution in [0.1, 0.15) is 23.1 Å². The molecule has 0 spiro atoms. The zero-order chi connectivity index (χ0) is 12.7. The number of nitrogens with zero attached hydrogens (tertiary/aromatic N) is 3. The summed E-state index contributed by atoms with van der Waals surface area (Å²) >= 11 is 0. The van der Waals surface area contributed by atoms with Crippen LogP contribution in [0.4, 0.5) is 0 Å². The normalized spacial score (nSPS) is 10.3. The van der Waals surface area contributed by atoms with E-state index in [1.807, 2.05) is 26.0 Å². The molecule has 0 atom stereocenters. The highest BCUT2D eigenvalue weighted by Gasteiger charge is 2.02. The molecule has 0 aliphatic rings. The first kappa shape index (κ1) is 13.1. The molecule has 0 saturated heterocycles. The van der Waals surface area contributed by atoms with Crippen molar-refractivity contribution in [2.75, 3.05) is 13.7 Å². The van der Waals surface area contributed by atoms with Gasteiger partial charge < -0.3 is 4.74 Å². The molecule has 0 aliphatic carbocycles. The van der Waals surface area contributed by atoms with E-state index >= 15 is 0 Å². The number of ether oxygens (including phenoxy) is 1. The topological polar surface area (TPSA) is 58.0 Å².